The topological polar surface area (TPSA) is 50.8 Å². The Hall–Kier alpha value is -2.53. The van der Waals surface area contributed by atoms with Crippen molar-refractivity contribution in [3.05, 3.63) is 59.2 Å². The molecule has 1 amide bonds. The lowest BCUT2D eigenvalue weighted by molar-refractivity contribution is -0.135. The Morgan fingerprint density at radius 3 is 2.40 bits per heavy atom. The van der Waals surface area contributed by atoms with Crippen LogP contribution in [0.1, 0.15) is 43.4 Å². The number of piperidine rings is 1. The highest BCUT2D eigenvalue weighted by molar-refractivity contribution is 5.85. The van der Waals surface area contributed by atoms with Crippen molar-refractivity contribution in [3.8, 4) is 11.5 Å². The molecule has 1 N–H and O–H groups in total. The maximum atomic E-state index is 12.9. The van der Waals surface area contributed by atoms with Gasteiger partial charge >= 0.3 is 0 Å². The summed E-state index contributed by atoms with van der Waals surface area (Å²) in [5.41, 5.74) is 2.52. The van der Waals surface area contributed by atoms with E-state index in [0.717, 1.165) is 55.1 Å². The summed E-state index contributed by atoms with van der Waals surface area (Å²) >= 11 is 0. The molecule has 2 aromatic rings. The lowest BCUT2D eigenvalue weighted by atomic mass is 10.0. The van der Waals surface area contributed by atoms with Gasteiger partial charge in [-0.1, -0.05) is 24.3 Å². The molecule has 5 nitrogen and oxygen atoms in total. The molecule has 0 unspecified atom stereocenters. The molecule has 1 heterocycles. The van der Waals surface area contributed by atoms with Gasteiger partial charge in [-0.25, -0.2) is 0 Å². The van der Waals surface area contributed by atoms with Crippen LogP contribution in [-0.2, 0) is 11.3 Å². The lowest BCUT2D eigenvalue weighted by Gasteiger charge is -2.34. The number of benzene rings is 2. The molecule has 162 valence electrons. The fraction of sp³-hybridized carbons (Fsp3) is 0.480. The van der Waals surface area contributed by atoms with Crippen LogP contribution in [0.3, 0.4) is 0 Å². The minimum Gasteiger partial charge on any atom is -0.497 e. The van der Waals surface area contributed by atoms with Crippen molar-refractivity contribution in [1.82, 2.24) is 10.2 Å². The van der Waals surface area contributed by atoms with Gasteiger partial charge in [-0.05, 0) is 75.4 Å². The van der Waals surface area contributed by atoms with E-state index in [9.17, 15) is 4.79 Å². The molecule has 1 aliphatic rings. The number of nitrogens with zero attached hydrogens (tertiary/aromatic N) is 1. The second-order valence-electron chi connectivity index (χ2n) is 8.75. The maximum Gasteiger partial charge on any atom is 0.263 e. The summed E-state index contributed by atoms with van der Waals surface area (Å²) in [6, 6.07) is 14.5. The van der Waals surface area contributed by atoms with Crippen LogP contribution < -0.4 is 14.8 Å². The second kappa shape index (κ2) is 9.52. The number of carbonyl (C=O) groups is 1. The molecule has 0 radical (unpaired) electrons. The standard InChI is InChI=1S/C25H34N2O3/c1-18-6-7-19(2)23(16-18)30-25(3,4)24(28)26-21-12-14-27(15-13-21)17-20-8-10-22(29-5)11-9-20/h6-11,16,21H,12-15,17H2,1-5H3,(H,26,28). The predicted molar refractivity (Wildman–Crippen MR) is 120 cm³/mol. The number of hydrogen-bond donors (Lipinski definition) is 1. The van der Waals surface area contributed by atoms with E-state index in [1.165, 1.54) is 5.56 Å². The Morgan fingerprint density at radius 1 is 1.10 bits per heavy atom. The van der Waals surface area contributed by atoms with E-state index in [0.29, 0.717) is 0 Å². The van der Waals surface area contributed by atoms with Gasteiger partial charge in [0, 0.05) is 25.7 Å². The number of carbonyl (C=O) groups excluding carboxylic acids is 1. The van der Waals surface area contributed by atoms with Crippen molar-refractivity contribution < 1.29 is 14.3 Å². The van der Waals surface area contributed by atoms with Crippen molar-refractivity contribution in [2.45, 2.75) is 58.7 Å². The molecule has 1 aliphatic heterocycles. The van der Waals surface area contributed by atoms with E-state index >= 15 is 0 Å². The highest BCUT2D eigenvalue weighted by Crippen LogP contribution is 2.25. The van der Waals surface area contributed by atoms with Gasteiger partial charge in [-0.2, -0.15) is 0 Å². The van der Waals surface area contributed by atoms with E-state index in [4.69, 9.17) is 9.47 Å². The third-order valence-electron chi connectivity index (χ3n) is 5.74. The quantitative estimate of drug-likeness (QED) is 0.741. The molecule has 3 rings (SSSR count). The van der Waals surface area contributed by atoms with Crippen LogP contribution in [0.2, 0.25) is 0 Å². The molecule has 0 bridgehead atoms. The smallest absolute Gasteiger partial charge is 0.263 e. The zero-order chi connectivity index (χ0) is 21.7. The molecule has 1 saturated heterocycles. The summed E-state index contributed by atoms with van der Waals surface area (Å²) in [7, 11) is 1.68. The van der Waals surface area contributed by atoms with Gasteiger partial charge < -0.3 is 14.8 Å². The fourth-order valence-electron chi connectivity index (χ4n) is 3.72. The largest absolute Gasteiger partial charge is 0.497 e. The van der Waals surface area contributed by atoms with E-state index in [-0.39, 0.29) is 11.9 Å². The number of aryl methyl sites for hydroxylation is 2. The molecule has 0 saturated carbocycles. The summed E-state index contributed by atoms with van der Waals surface area (Å²) in [5, 5.41) is 3.21. The Bertz CT molecular complexity index is 853. The maximum absolute atomic E-state index is 12.9. The Balaban J connectivity index is 1.49. The lowest BCUT2D eigenvalue weighted by Crippen LogP contribution is -2.52. The second-order valence-corrected chi connectivity index (χ2v) is 8.75. The normalized spacial score (nSPS) is 15.6. The molecule has 0 atom stereocenters. The van der Waals surface area contributed by atoms with Crippen molar-refractivity contribution in [2.24, 2.45) is 0 Å². The highest BCUT2D eigenvalue weighted by Gasteiger charge is 2.33. The molecule has 30 heavy (non-hydrogen) atoms. The third kappa shape index (κ3) is 5.76. The van der Waals surface area contributed by atoms with Gasteiger partial charge in [0.2, 0.25) is 0 Å². The van der Waals surface area contributed by atoms with Gasteiger partial charge in [0.15, 0.2) is 5.60 Å². The molecule has 0 aromatic heterocycles. The number of hydrogen-bond acceptors (Lipinski definition) is 4. The average Bonchev–Trinajstić information content (AvgIpc) is 2.72. The first kappa shape index (κ1) is 22.2. The minimum absolute atomic E-state index is 0.0583. The molecule has 5 heteroatoms. The predicted octanol–water partition coefficient (Wildman–Crippen LogP) is 4.25. The fourth-order valence-corrected chi connectivity index (χ4v) is 3.72. The highest BCUT2D eigenvalue weighted by atomic mass is 16.5. The van der Waals surface area contributed by atoms with Crippen molar-refractivity contribution in [1.29, 1.82) is 0 Å². The number of ether oxygens (including phenoxy) is 2. The minimum atomic E-state index is -0.918. The van der Waals surface area contributed by atoms with E-state index in [1.54, 1.807) is 7.11 Å². The van der Waals surface area contributed by atoms with Crippen molar-refractivity contribution in [3.63, 3.8) is 0 Å². The van der Waals surface area contributed by atoms with Gasteiger partial charge in [0.1, 0.15) is 11.5 Å². The number of likely N-dealkylation sites (tertiary alicyclic amines) is 1. The Labute approximate surface area is 180 Å². The SMILES string of the molecule is COc1ccc(CN2CCC(NC(=O)C(C)(C)Oc3cc(C)ccc3C)CC2)cc1. The van der Waals surface area contributed by atoms with Gasteiger partial charge in [-0.15, -0.1) is 0 Å². The zero-order valence-electron chi connectivity index (χ0n) is 18.8. The molecular weight excluding hydrogens is 376 g/mol. The van der Waals surface area contributed by atoms with Crippen LogP contribution in [0.5, 0.6) is 11.5 Å². The van der Waals surface area contributed by atoms with E-state index in [2.05, 4.69) is 28.4 Å². The first-order valence-corrected chi connectivity index (χ1v) is 10.7. The number of amides is 1. The van der Waals surface area contributed by atoms with E-state index < -0.39 is 5.60 Å². The molecule has 1 fully saturated rings. The van der Waals surface area contributed by atoms with Crippen LogP contribution in [0.4, 0.5) is 0 Å². The Morgan fingerprint density at radius 2 is 1.77 bits per heavy atom. The van der Waals surface area contributed by atoms with Crippen molar-refractivity contribution in [2.75, 3.05) is 20.2 Å². The number of methoxy groups -OCH3 is 1. The van der Waals surface area contributed by atoms with Crippen LogP contribution >= 0.6 is 0 Å². The number of rotatable bonds is 7. The summed E-state index contributed by atoms with van der Waals surface area (Å²) in [6.07, 6.45) is 1.89. The summed E-state index contributed by atoms with van der Waals surface area (Å²) in [5.74, 6) is 1.59. The summed E-state index contributed by atoms with van der Waals surface area (Å²) in [4.78, 5) is 15.3. The molecular formula is C25H34N2O3. The van der Waals surface area contributed by atoms with Crippen LogP contribution in [-0.4, -0.2) is 42.6 Å². The molecule has 2 aromatic carbocycles. The average molecular weight is 411 g/mol. The van der Waals surface area contributed by atoms with Gasteiger partial charge in [0.25, 0.3) is 5.91 Å². The van der Waals surface area contributed by atoms with Crippen LogP contribution in [0, 0.1) is 13.8 Å². The Kier molecular flexibility index (Phi) is 7.03. The first-order valence-electron chi connectivity index (χ1n) is 10.7. The summed E-state index contributed by atoms with van der Waals surface area (Å²) < 4.78 is 11.3. The number of nitrogens with one attached hydrogen (secondary N) is 1. The van der Waals surface area contributed by atoms with E-state index in [1.807, 2.05) is 52.0 Å². The molecule has 0 spiro atoms. The summed E-state index contributed by atoms with van der Waals surface area (Å²) in [6.45, 7) is 10.6. The van der Waals surface area contributed by atoms with Gasteiger partial charge in [0.05, 0.1) is 7.11 Å². The van der Waals surface area contributed by atoms with Crippen molar-refractivity contribution >= 4 is 5.91 Å². The molecule has 0 aliphatic carbocycles. The monoisotopic (exact) mass is 410 g/mol. The van der Waals surface area contributed by atoms with Crippen LogP contribution in [0.15, 0.2) is 42.5 Å². The zero-order valence-corrected chi connectivity index (χ0v) is 18.8. The van der Waals surface area contributed by atoms with Crippen LogP contribution in [0.25, 0.3) is 0 Å². The third-order valence-corrected chi connectivity index (χ3v) is 5.74. The van der Waals surface area contributed by atoms with Gasteiger partial charge in [-0.3, -0.25) is 9.69 Å². The first-order chi connectivity index (χ1) is 14.3.